The molecule has 0 heterocycles. The predicted octanol–water partition coefficient (Wildman–Crippen LogP) is 3.72. The Bertz CT molecular complexity index is 883. The Kier molecular flexibility index (Phi) is 7.70. The highest BCUT2D eigenvalue weighted by atomic mass is 19.3. The van der Waals surface area contributed by atoms with Crippen LogP contribution in [0.3, 0.4) is 0 Å². The van der Waals surface area contributed by atoms with Crippen LogP contribution in [-0.2, 0) is 9.59 Å². The maximum absolute atomic E-state index is 12.4. The topological polar surface area (TPSA) is 67.9 Å². The van der Waals surface area contributed by atoms with Gasteiger partial charge in [0.1, 0.15) is 0 Å². The van der Waals surface area contributed by atoms with E-state index in [1.807, 2.05) is 19.1 Å². The van der Waals surface area contributed by atoms with E-state index in [0.29, 0.717) is 11.3 Å². The summed E-state index contributed by atoms with van der Waals surface area (Å²) < 4.78 is 34.1. The number of hydrogen-bond donors (Lipinski definition) is 1. The van der Waals surface area contributed by atoms with Crippen molar-refractivity contribution in [2.24, 2.45) is 0 Å². The quantitative estimate of drug-likeness (QED) is 0.681. The number of likely N-dealkylation sites (N-methyl/N-ethyl adjacent to an activating group) is 1. The van der Waals surface area contributed by atoms with E-state index in [-0.39, 0.29) is 24.0 Å². The van der Waals surface area contributed by atoms with Gasteiger partial charge < -0.3 is 19.7 Å². The SMILES string of the molecule is COc1cc(C=CC(=O)N(C)CC(=O)Nc2ccc(C)cc2)ccc1OC(F)F. The van der Waals surface area contributed by atoms with Gasteiger partial charge in [-0.25, -0.2) is 0 Å². The van der Waals surface area contributed by atoms with Gasteiger partial charge in [0.25, 0.3) is 0 Å². The first-order valence-corrected chi connectivity index (χ1v) is 8.71. The van der Waals surface area contributed by atoms with Crippen LogP contribution in [0.25, 0.3) is 6.08 Å². The van der Waals surface area contributed by atoms with Crippen molar-refractivity contribution in [3.63, 3.8) is 0 Å². The molecule has 154 valence electrons. The monoisotopic (exact) mass is 404 g/mol. The van der Waals surface area contributed by atoms with Crippen LogP contribution in [-0.4, -0.2) is 44.0 Å². The Morgan fingerprint density at radius 2 is 1.83 bits per heavy atom. The minimum Gasteiger partial charge on any atom is -0.493 e. The molecule has 0 aliphatic heterocycles. The Morgan fingerprint density at radius 1 is 1.14 bits per heavy atom. The van der Waals surface area contributed by atoms with Crippen LogP contribution < -0.4 is 14.8 Å². The largest absolute Gasteiger partial charge is 0.493 e. The predicted molar refractivity (Wildman–Crippen MR) is 106 cm³/mol. The van der Waals surface area contributed by atoms with Crippen LogP contribution in [0, 0.1) is 6.92 Å². The summed E-state index contributed by atoms with van der Waals surface area (Å²) in [4.78, 5) is 25.6. The molecule has 0 fully saturated rings. The highest BCUT2D eigenvalue weighted by Crippen LogP contribution is 2.29. The Hall–Kier alpha value is -3.42. The average molecular weight is 404 g/mol. The first kappa shape index (κ1) is 21.9. The minimum absolute atomic E-state index is 0.101. The molecule has 0 bridgehead atoms. The zero-order valence-corrected chi connectivity index (χ0v) is 16.3. The first-order chi connectivity index (χ1) is 13.8. The molecule has 6 nitrogen and oxygen atoms in total. The first-order valence-electron chi connectivity index (χ1n) is 8.71. The number of carbonyl (C=O) groups excluding carboxylic acids is 2. The second kappa shape index (κ2) is 10.2. The number of nitrogens with one attached hydrogen (secondary N) is 1. The van der Waals surface area contributed by atoms with Crippen molar-refractivity contribution in [1.82, 2.24) is 4.90 Å². The molecule has 0 saturated heterocycles. The van der Waals surface area contributed by atoms with Gasteiger partial charge in [-0.2, -0.15) is 8.78 Å². The fourth-order valence-corrected chi connectivity index (χ4v) is 2.41. The molecule has 0 radical (unpaired) electrons. The van der Waals surface area contributed by atoms with E-state index < -0.39 is 12.5 Å². The van der Waals surface area contributed by atoms with Gasteiger partial charge in [-0.05, 0) is 42.8 Å². The lowest BCUT2D eigenvalue weighted by molar-refractivity contribution is -0.129. The van der Waals surface area contributed by atoms with Crippen LogP contribution >= 0.6 is 0 Å². The molecule has 0 atom stereocenters. The number of nitrogens with zero attached hydrogens (tertiary/aromatic N) is 1. The maximum atomic E-state index is 12.4. The number of alkyl halides is 2. The van der Waals surface area contributed by atoms with E-state index in [1.165, 1.54) is 49.4 Å². The van der Waals surface area contributed by atoms with Gasteiger partial charge in [0.15, 0.2) is 11.5 Å². The second-order valence-electron chi connectivity index (χ2n) is 6.23. The standard InChI is InChI=1S/C21H22F2N2O4/c1-14-4-8-16(9-5-14)24-19(26)13-25(2)20(27)11-7-15-6-10-17(29-21(22)23)18(12-15)28-3/h4-12,21H,13H2,1-3H3,(H,24,26). The summed E-state index contributed by atoms with van der Waals surface area (Å²) in [6, 6.07) is 11.6. The molecular formula is C21H22F2N2O4. The van der Waals surface area contributed by atoms with Crippen LogP contribution in [0.1, 0.15) is 11.1 Å². The molecule has 0 aromatic heterocycles. The number of methoxy groups -OCH3 is 1. The lowest BCUT2D eigenvalue weighted by Crippen LogP contribution is -2.33. The molecule has 2 amide bonds. The summed E-state index contributed by atoms with van der Waals surface area (Å²) in [5.41, 5.74) is 2.27. The highest BCUT2D eigenvalue weighted by molar-refractivity contribution is 5.97. The Labute approximate surface area is 167 Å². The number of anilines is 1. The third-order valence-corrected chi connectivity index (χ3v) is 3.91. The van der Waals surface area contributed by atoms with Crippen LogP contribution in [0.2, 0.25) is 0 Å². The number of ether oxygens (including phenoxy) is 2. The van der Waals surface area contributed by atoms with E-state index in [1.54, 1.807) is 12.1 Å². The minimum atomic E-state index is -2.97. The summed E-state index contributed by atoms with van der Waals surface area (Å²) in [5.74, 6) is -0.703. The Morgan fingerprint density at radius 3 is 2.45 bits per heavy atom. The van der Waals surface area contributed by atoms with Crippen LogP contribution in [0.4, 0.5) is 14.5 Å². The summed E-state index contributed by atoms with van der Waals surface area (Å²) >= 11 is 0. The zero-order valence-electron chi connectivity index (χ0n) is 16.3. The van der Waals surface area contributed by atoms with Crippen molar-refractivity contribution in [3.05, 3.63) is 59.7 Å². The van der Waals surface area contributed by atoms with Gasteiger partial charge >= 0.3 is 6.61 Å². The average Bonchev–Trinajstić information content (AvgIpc) is 2.68. The molecule has 2 rings (SSSR count). The van der Waals surface area contributed by atoms with Crippen molar-refractivity contribution < 1.29 is 27.8 Å². The number of halogens is 2. The van der Waals surface area contributed by atoms with Crippen molar-refractivity contribution >= 4 is 23.6 Å². The van der Waals surface area contributed by atoms with Gasteiger partial charge in [0, 0.05) is 18.8 Å². The highest BCUT2D eigenvalue weighted by Gasteiger charge is 2.12. The van der Waals surface area contributed by atoms with E-state index in [0.717, 1.165) is 5.56 Å². The summed E-state index contributed by atoms with van der Waals surface area (Å²) in [7, 11) is 2.83. The van der Waals surface area contributed by atoms with E-state index in [9.17, 15) is 18.4 Å². The van der Waals surface area contributed by atoms with Gasteiger partial charge in [0.2, 0.25) is 11.8 Å². The van der Waals surface area contributed by atoms with Crippen LogP contribution in [0.15, 0.2) is 48.5 Å². The fourth-order valence-electron chi connectivity index (χ4n) is 2.41. The third kappa shape index (κ3) is 6.91. The molecule has 0 spiro atoms. The zero-order chi connectivity index (χ0) is 21.4. The smallest absolute Gasteiger partial charge is 0.387 e. The molecule has 1 N–H and O–H groups in total. The fraction of sp³-hybridized carbons (Fsp3) is 0.238. The number of rotatable bonds is 8. The van der Waals surface area contributed by atoms with E-state index in [2.05, 4.69) is 10.1 Å². The van der Waals surface area contributed by atoms with Crippen molar-refractivity contribution in [2.75, 3.05) is 26.0 Å². The van der Waals surface area contributed by atoms with Crippen molar-refractivity contribution in [2.45, 2.75) is 13.5 Å². The molecule has 8 heteroatoms. The molecule has 2 aromatic carbocycles. The molecule has 2 aromatic rings. The number of benzene rings is 2. The van der Waals surface area contributed by atoms with Gasteiger partial charge in [0.05, 0.1) is 13.7 Å². The Balaban J connectivity index is 1.95. The van der Waals surface area contributed by atoms with Gasteiger partial charge in [-0.1, -0.05) is 23.8 Å². The van der Waals surface area contributed by atoms with Gasteiger partial charge in [-0.15, -0.1) is 0 Å². The summed E-state index contributed by atoms with van der Waals surface area (Å²) in [6.07, 6.45) is 2.77. The lowest BCUT2D eigenvalue weighted by atomic mass is 10.2. The molecule has 0 unspecified atom stereocenters. The summed E-state index contributed by atoms with van der Waals surface area (Å²) in [6.45, 7) is -1.15. The maximum Gasteiger partial charge on any atom is 0.387 e. The molecule has 0 aliphatic rings. The summed E-state index contributed by atoms with van der Waals surface area (Å²) in [5, 5.41) is 2.72. The lowest BCUT2D eigenvalue weighted by Gasteiger charge is -2.15. The molecule has 0 aliphatic carbocycles. The number of hydrogen-bond acceptors (Lipinski definition) is 4. The van der Waals surface area contributed by atoms with E-state index >= 15 is 0 Å². The van der Waals surface area contributed by atoms with Crippen LogP contribution in [0.5, 0.6) is 11.5 Å². The normalized spacial score (nSPS) is 10.8. The second-order valence-corrected chi connectivity index (χ2v) is 6.23. The third-order valence-electron chi connectivity index (χ3n) is 3.91. The number of amides is 2. The molecular weight excluding hydrogens is 382 g/mol. The van der Waals surface area contributed by atoms with E-state index in [4.69, 9.17) is 4.74 Å². The van der Waals surface area contributed by atoms with Crippen molar-refractivity contribution in [3.8, 4) is 11.5 Å². The van der Waals surface area contributed by atoms with Crippen molar-refractivity contribution in [1.29, 1.82) is 0 Å². The molecule has 29 heavy (non-hydrogen) atoms. The number of carbonyl (C=O) groups is 2. The van der Waals surface area contributed by atoms with Gasteiger partial charge in [-0.3, -0.25) is 9.59 Å². The molecule has 0 saturated carbocycles. The number of aryl methyl sites for hydroxylation is 1.